The SMILES string of the molecule is CCc1nccn1CCOc1ccc(CC(N)=S)cc1. The summed E-state index contributed by atoms with van der Waals surface area (Å²) in [6.07, 6.45) is 5.36. The van der Waals surface area contributed by atoms with E-state index in [0.717, 1.165) is 30.1 Å². The molecule has 0 aliphatic rings. The fraction of sp³-hybridized carbons (Fsp3) is 0.333. The maximum atomic E-state index is 5.73. The number of thiocarbonyl (C=S) groups is 1. The molecule has 2 rings (SSSR count). The molecule has 1 aromatic heterocycles. The lowest BCUT2D eigenvalue weighted by Crippen LogP contribution is -2.11. The summed E-state index contributed by atoms with van der Waals surface area (Å²) in [5.74, 6) is 1.94. The molecule has 0 unspecified atom stereocenters. The van der Waals surface area contributed by atoms with E-state index >= 15 is 0 Å². The number of hydrogen-bond donors (Lipinski definition) is 1. The minimum Gasteiger partial charge on any atom is -0.492 e. The first kappa shape index (κ1) is 14.5. The van der Waals surface area contributed by atoms with E-state index in [2.05, 4.69) is 16.5 Å². The monoisotopic (exact) mass is 289 g/mol. The summed E-state index contributed by atoms with van der Waals surface area (Å²) < 4.78 is 7.84. The Morgan fingerprint density at radius 2 is 2.10 bits per heavy atom. The van der Waals surface area contributed by atoms with Crippen molar-refractivity contribution in [1.82, 2.24) is 9.55 Å². The van der Waals surface area contributed by atoms with E-state index in [0.29, 0.717) is 18.0 Å². The van der Waals surface area contributed by atoms with Gasteiger partial charge in [0.15, 0.2) is 0 Å². The van der Waals surface area contributed by atoms with E-state index in [9.17, 15) is 0 Å². The smallest absolute Gasteiger partial charge is 0.119 e. The molecule has 0 saturated heterocycles. The van der Waals surface area contributed by atoms with Crippen LogP contribution in [-0.4, -0.2) is 21.1 Å². The van der Waals surface area contributed by atoms with Crippen molar-refractivity contribution in [2.75, 3.05) is 6.61 Å². The van der Waals surface area contributed by atoms with Crippen LogP contribution in [-0.2, 0) is 19.4 Å². The van der Waals surface area contributed by atoms with Crippen molar-refractivity contribution in [2.45, 2.75) is 26.3 Å². The molecule has 1 heterocycles. The number of aryl methyl sites for hydroxylation is 1. The van der Waals surface area contributed by atoms with Crippen LogP contribution in [0.4, 0.5) is 0 Å². The first-order valence-corrected chi connectivity index (χ1v) is 7.10. The summed E-state index contributed by atoms with van der Waals surface area (Å²) in [5.41, 5.74) is 6.62. The van der Waals surface area contributed by atoms with Crippen LogP contribution >= 0.6 is 12.2 Å². The molecule has 0 amide bonds. The molecule has 1 aromatic carbocycles. The van der Waals surface area contributed by atoms with E-state index in [-0.39, 0.29) is 0 Å². The van der Waals surface area contributed by atoms with Gasteiger partial charge in [0.2, 0.25) is 0 Å². The molecular weight excluding hydrogens is 270 g/mol. The Kier molecular flexibility index (Phi) is 5.12. The molecule has 0 aliphatic carbocycles. The van der Waals surface area contributed by atoms with Gasteiger partial charge in [-0.15, -0.1) is 0 Å². The van der Waals surface area contributed by atoms with Crippen LogP contribution in [0, 0.1) is 0 Å². The third kappa shape index (κ3) is 4.06. The Balaban J connectivity index is 1.83. The fourth-order valence-electron chi connectivity index (χ4n) is 2.02. The number of hydrogen-bond acceptors (Lipinski definition) is 3. The minimum atomic E-state index is 0.505. The molecule has 0 bridgehead atoms. The molecule has 0 atom stereocenters. The van der Waals surface area contributed by atoms with Crippen LogP contribution in [0.3, 0.4) is 0 Å². The van der Waals surface area contributed by atoms with E-state index in [1.165, 1.54) is 0 Å². The Morgan fingerprint density at radius 1 is 1.35 bits per heavy atom. The van der Waals surface area contributed by atoms with Crippen molar-refractivity contribution in [1.29, 1.82) is 0 Å². The second kappa shape index (κ2) is 7.05. The molecule has 0 radical (unpaired) electrons. The van der Waals surface area contributed by atoms with E-state index < -0.39 is 0 Å². The van der Waals surface area contributed by atoms with Gasteiger partial charge in [0.25, 0.3) is 0 Å². The molecule has 0 fully saturated rings. The number of ether oxygens (including phenoxy) is 1. The zero-order chi connectivity index (χ0) is 14.4. The van der Waals surface area contributed by atoms with Gasteiger partial charge >= 0.3 is 0 Å². The maximum Gasteiger partial charge on any atom is 0.119 e. The highest BCUT2D eigenvalue weighted by atomic mass is 32.1. The van der Waals surface area contributed by atoms with Gasteiger partial charge < -0.3 is 15.0 Å². The number of nitrogens with two attached hydrogens (primary N) is 1. The molecule has 2 N–H and O–H groups in total. The second-order valence-corrected chi connectivity index (χ2v) is 5.05. The van der Waals surface area contributed by atoms with Gasteiger partial charge in [-0.2, -0.15) is 0 Å². The first-order chi connectivity index (χ1) is 9.69. The summed E-state index contributed by atoms with van der Waals surface area (Å²) in [7, 11) is 0. The van der Waals surface area contributed by atoms with Crippen LogP contribution in [0.2, 0.25) is 0 Å². The van der Waals surface area contributed by atoms with Gasteiger partial charge in [-0.1, -0.05) is 31.3 Å². The second-order valence-electron chi connectivity index (χ2n) is 4.53. The van der Waals surface area contributed by atoms with Gasteiger partial charge in [-0.05, 0) is 17.7 Å². The lowest BCUT2D eigenvalue weighted by molar-refractivity contribution is 0.296. The van der Waals surface area contributed by atoms with Crippen molar-refractivity contribution in [3.8, 4) is 5.75 Å². The molecule has 4 nitrogen and oxygen atoms in total. The first-order valence-electron chi connectivity index (χ1n) is 6.69. The summed E-state index contributed by atoms with van der Waals surface area (Å²) in [5, 5.41) is 0. The van der Waals surface area contributed by atoms with Crippen molar-refractivity contribution in [2.24, 2.45) is 5.73 Å². The Bertz CT molecular complexity index is 563. The highest BCUT2D eigenvalue weighted by molar-refractivity contribution is 7.80. The molecule has 5 heteroatoms. The zero-order valence-corrected chi connectivity index (χ0v) is 12.4. The summed E-state index contributed by atoms with van der Waals surface area (Å²) >= 11 is 4.89. The number of imidazole rings is 1. The van der Waals surface area contributed by atoms with Crippen molar-refractivity contribution >= 4 is 17.2 Å². The zero-order valence-electron chi connectivity index (χ0n) is 11.6. The van der Waals surface area contributed by atoms with Crippen LogP contribution in [0.25, 0.3) is 0 Å². The predicted octanol–water partition coefficient (Wildman–Crippen LogP) is 2.35. The van der Waals surface area contributed by atoms with E-state index in [4.69, 9.17) is 22.7 Å². The molecule has 106 valence electrons. The van der Waals surface area contributed by atoms with E-state index in [1.54, 1.807) is 0 Å². The molecule has 20 heavy (non-hydrogen) atoms. The number of rotatable bonds is 7. The minimum absolute atomic E-state index is 0.505. The van der Waals surface area contributed by atoms with Crippen molar-refractivity contribution in [3.63, 3.8) is 0 Å². The van der Waals surface area contributed by atoms with Gasteiger partial charge in [-0.25, -0.2) is 4.98 Å². The highest BCUT2D eigenvalue weighted by Crippen LogP contribution is 2.13. The lowest BCUT2D eigenvalue weighted by Gasteiger charge is -2.09. The third-order valence-electron chi connectivity index (χ3n) is 3.02. The van der Waals surface area contributed by atoms with Gasteiger partial charge in [0.05, 0.1) is 11.5 Å². The van der Waals surface area contributed by atoms with Gasteiger partial charge in [-0.3, -0.25) is 0 Å². The number of benzene rings is 1. The predicted molar refractivity (Wildman–Crippen MR) is 84.0 cm³/mol. The van der Waals surface area contributed by atoms with Gasteiger partial charge in [0, 0.05) is 25.2 Å². The van der Waals surface area contributed by atoms with Crippen LogP contribution in [0.15, 0.2) is 36.7 Å². The fourth-order valence-corrected chi connectivity index (χ4v) is 2.19. The largest absolute Gasteiger partial charge is 0.492 e. The molecule has 2 aromatic rings. The van der Waals surface area contributed by atoms with Crippen LogP contribution < -0.4 is 10.5 Å². The van der Waals surface area contributed by atoms with Crippen LogP contribution in [0.5, 0.6) is 5.75 Å². The van der Waals surface area contributed by atoms with Crippen molar-refractivity contribution in [3.05, 3.63) is 48.0 Å². The molecule has 0 saturated carbocycles. The van der Waals surface area contributed by atoms with Gasteiger partial charge in [0.1, 0.15) is 18.2 Å². The topological polar surface area (TPSA) is 53.1 Å². The molecule has 0 spiro atoms. The third-order valence-corrected chi connectivity index (χ3v) is 3.16. The van der Waals surface area contributed by atoms with Crippen molar-refractivity contribution < 1.29 is 4.74 Å². The maximum absolute atomic E-state index is 5.73. The summed E-state index contributed by atoms with van der Waals surface area (Å²) in [4.78, 5) is 4.79. The average molecular weight is 289 g/mol. The summed E-state index contributed by atoms with van der Waals surface area (Å²) in [6, 6.07) is 7.87. The quantitative estimate of drug-likeness (QED) is 0.795. The molecular formula is C15H19N3OS. The standard InChI is InChI=1S/C15H19N3OS/c1-2-15-17-7-8-18(15)9-10-19-13-5-3-12(4-6-13)11-14(16)20/h3-8H,2,9-11H2,1H3,(H2,16,20). The number of nitrogens with zero attached hydrogens (tertiary/aromatic N) is 2. The normalized spacial score (nSPS) is 10.4. The summed E-state index contributed by atoms with van der Waals surface area (Å²) in [6.45, 7) is 3.52. The lowest BCUT2D eigenvalue weighted by atomic mass is 10.1. The number of aromatic nitrogens is 2. The Hall–Kier alpha value is -1.88. The average Bonchev–Trinajstić information content (AvgIpc) is 2.87. The highest BCUT2D eigenvalue weighted by Gasteiger charge is 2.01. The molecule has 0 aliphatic heterocycles. The van der Waals surface area contributed by atoms with Crippen LogP contribution in [0.1, 0.15) is 18.3 Å². The Labute approximate surface area is 124 Å². The van der Waals surface area contributed by atoms with E-state index in [1.807, 2.05) is 36.7 Å². The Morgan fingerprint density at radius 3 is 2.75 bits per heavy atom.